The molecule has 0 aliphatic carbocycles. The molecule has 0 aliphatic rings. The number of esters is 1. The van der Waals surface area contributed by atoms with Gasteiger partial charge < -0.3 is 20.5 Å². The zero-order valence-electron chi connectivity index (χ0n) is 14.6. The second-order valence-electron chi connectivity index (χ2n) is 5.55. The third-order valence-corrected chi connectivity index (χ3v) is 3.63. The quantitative estimate of drug-likeness (QED) is 0.297. The van der Waals surface area contributed by atoms with Crippen LogP contribution in [0.4, 0.5) is 11.4 Å². The number of rotatable bonds is 9. The highest BCUT2D eigenvalue weighted by atomic mass is 16.6. The molecule has 0 saturated carbocycles. The van der Waals surface area contributed by atoms with Crippen LogP contribution in [0.2, 0.25) is 0 Å². The first kappa shape index (κ1) is 19.9. The van der Waals surface area contributed by atoms with Crippen LogP contribution in [0.1, 0.15) is 26.3 Å². The minimum absolute atomic E-state index is 0.0463. The van der Waals surface area contributed by atoms with Crippen LogP contribution in [0.25, 0.3) is 0 Å². The van der Waals surface area contributed by atoms with E-state index in [0.29, 0.717) is 24.3 Å². The van der Waals surface area contributed by atoms with Crippen molar-refractivity contribution in [1.82, 2.24) is 0 Å². The maximum absolute atomic E-state index is 12.2. The average molecular weight is 373 g/mol. The van der Waals surface area contributed by atoms with Gasteiger partial charge >= 0.3 is 5.97 Å². The number of nitrogens with one attached hydrogen (secondary N) is 1. The molecule has 2 aromatic carbocycles. The molecule has 0 atom stereocenters. The lowest BCUT2D eigenvalue weighted by atomic mass is 10.1. The number of nitrogens with two attached hydrogens (primary N) is 1. The molecule has 142 valence electrons. The van der Waals surface area contributed by atoms with Crippen molar-refractivity contribution in [2.45, 2.75) is 6.61 Å². The van der Waals surface area contributed by atoms with E-state index in [1.165, 1.54) is 25.3 Å². The van der Waals surface area contributed by atoms with E-state index in [9.17, 15) is 19.7 Å². The summed E-state index contributed by atoms with van der Waals surface area (Å²) >= 11 is 0. The zero-order chi connectivity index (χ0) is 19.8. The van der Waals surface area contributed by atoms with Gasteiger partial charge in [-0.25, -0.2) is 4.79 Å². The molecule has 3 N–H and O–H groups in total. The Balaban J connectivity index is 2.09. The second kappa shape index (κ2) is 9.30. The summed E-state index contributed by atoms with van der Waals surface area (Å²) in [6.07, 6.45) is 0. The first-order chi connectivity index (χ1) is 12.9. The molecule has 2 aromatic rings. The first-order valence-electron chi connectivity index (χ1n) is 7.99. The van der Waals surface area contributed by atoms with Gasteiger partial charge in [-0.15, -0.1) is 0 Å². The van der Waals surface area contributed by atoms with Gasteiger partial charge in [0.05, 0.1) is 17.1 Å². The number of benzene rings is 2. The molecule has 0 aliphatic heterocycles. The number of methoxy groups -OCH3 is 1. The Morgan fingerprint density at radius 1 is 1.19 bits per heavy atom. The van der Waals surface area contributed by atoms with Crippen LogP contribution in [0, 0.1) is 10.1 Å². The van der Waals surface area contributed by atoms with Crippen LogP contribution in [0.15, 0.2) is 42.5 Å². The smallest absolute Gasteiger partial charge is 0.338 e. The third kappa shape index (κ3) is 5.51. The number of anilines is 1. The molecule has 2 rings (SSSR count). The fraction of sp³-hybridized carbons (Fsp3) is 0.222. The van der Waals surface area contributed by atoms with Gasteiger partial charge in [0.1, 0.15) is 12.3 Å². The van der Waals surface area contributed by atoms with E-state index in [4.69, 9.17) is 15.2 Å². The number of primary amides is 1. The Morgan fingerprint density at radius 2 is 1.96 bits per heavy atom. The summed E-state index contributed by atoms with van der Waals surface area (Å²) in [6.45, 7) is 0.671. The molecule has 0 saturated heterocycles. The fourth-order valence-electron chi connectivity index (χ4n) is 2.29. The molecule has 1 amide bonds. The highest BCUT2D eigenvalue weighted by Gasteiger charge is 2.18. The van der Waals surface area contributed by atoms with Gasteiger partial charge in [0.25, 0.3) is 5.69 Å². The predicted octanol–water partition coefficient (Wildman–Crippen LogP) is 2.11. The predicted molar refractivity (Wildman–Crippen MR) is 97.5 cm³/mol. The lowest BCUT2D eigenvalue weighted by Gasteiger charge is -2.09. The molecule has 27 heavy (non-hydrogen) atoms. The topological polar surface area (TPSA) is 134 Å². The highest BCUT2D eigenvalue weighted by Crippen LogP contribution is 2.26. The van der Waals surface area contributed by atoms with Gasteiger partial charge in [-0.3, -0.25) is 14.9 Å². The van der Waals surface area contributed by atoms with E-state index in [1.807, 2.05) is 0 Å². The van der Waals surface area contributed by atoms with E-state index in [1.54, 1.807) is 18.2 Å². The van der Waals surface area contributed by atoms with Gasteiger partial charge in [0.2, 0.25) is 5.91 Å². The Labute approximate surface area is 155 Å². The third-order valence-electron chi connectivity index (χ3n) is 3.63. The molecule has 0 fully saturated rings. The summed E-state index contributed by atoms with van der Waals surface area (Å²) in [5, 5.41) is 14.1. The van der Waals surface area contributed by atoms with Crippen LogP contribution in [-0.2, 0) is 16.1 Å². The van der Waals surface area contributed by atoms with E-state index in [0.717, 1.165) is 6.07 Å². The first-order valence-corrected chi connectivity index (χ1v) is 7.99. The normalized spacial score (nSPS) is 10.3. The Bertz CT molecular complexity index is 853. The number of carbonyl (C=O) groups excluding carboxylic acids is 2. The number of nitro groups is 1. The molecule has 0 heterocycles. The van der Waals surface area contributed by atoms with E-state index < -0.39 is 16.8 Å². The van der Waals surface area contributed by atoms with Crippen LogP contribution < -0.4 is 11.1 Å². The molecule has 9 nitrogen and oxygen atoms in total. The summed E-state index contributed by atoms with van der Waals surface area (Å²) in [5.41, 5.74) is 6.17. The molecule has 0 radical (unpaired) electrons. The number of carbonyl (C=O) groups is 2. The van der Waals surface area contributed by atoms with Crippen molar-refractivity contribution in [1.29, 1.82) is 0 Å². The Hall–Kier alpha value is -3.46. The standard InChI is InChI=1S/C18H19N3O6/c1-26-8-7-20-15-6-5-14(10-16(15)21(24)25)18(23)27-11-12-3-2-4-13(9-12)17(19)22/h2-6,9-10,20H,7-8,11H2,1H3,(H2,19,22). The van der Waals surface area contributed by atoms with Crippen molar-refractivity contribution < 1.29 is 24.0 Å². The van der Waals surface area contributed by atoms with Crippen molar-refractivity contribution in [3.63, 3.8) is 0 Å². The summed E-state index contributed by atoms with van der Waals surface area (Å²) in [5.74, 6) is -1.30. The zero-order valence-corrected chi connectivity index (χ0v) is 14.6. The van der Waals surface area contributed by atoms with Crippen molar-refractivity contribution in [2.24, 2.45) is 5.73 Å². The van der Waals surface area contributed by atoms with Crippen LogP contribution in [0.5, 0.6) is 0 Å². The number of hydrogen-bond donors (Lipinski definition) is 2. The van der Waals surface area contributed by atoms with Crippen molar-refractivity contribution in [2.75, 3.05) is 25.6 Å². The van der Waals surface area contributed by atoms with Crippen LogP contribution in [-0.4, -0.2) is 37.1 Å². The number of nitrogens with zero attached hydrogens (tertiary/aromatic N) is 1. The van der Waals surface area contributed by atoms with E-state index >= 15 is 0 Å². The maximum Gasteiger partial charge on any atom is 0.338 e. The van der Waals surface area contributed by atoms with Gasteiger partial charge in [0, 0.05) is 25.3 Å². The van der Waals surface area contributed by atoms with Gasteiger partial charge in [-0.1, -0.05) is 12.1 Å². The van der Waals surface area contributed by atoms with Gasteiger partial charge in [0.15, 0.2) is 0 Å². The number of amides is 1. The lowest BCUT2D eigenvalue weighted by molar-refractivity contribution is -0.384. The summed E-state index contributed by atoms with van der Waals surface area (Å²) < 4.78 is 10.1. The lowest BCUT2D eigenvalue weighted by Crippen LogP contribution is -2.12. The van der Waals surface area contributed by atoms with E-state index in [-0.39, 0.29) is 23.5 Å². The minimum Gasteiger partial charge on any atom is -0.457 e. The van der Waals surface area contributed by atoms with Gasteiger partial charge in [-0.05, 0) is 29.8 Å². The summed E-state index contributed by atoms with van der Waals surface area (Å²) in [7, 11) is 1.52. The molecular formula is C18H19N3O6. The average Bonchev–Trinajstić information content (AvgIpc) is 2.66. The molecule has 0 aromatic heterocycles. The Morgan fingerprint density at radius 3 is 2.63 bits per heavy atom. The number of ether oxygens (including phenoxy) is 2. The second-order valence-corrected chi connectivity index (χ2v) is 5.55. The van der Waals surface area contributed by atoms with Gasteiger partial charge in [-0.2, -0.15) is 0 Å². The van der Waals surface area contributed by atoms with Crippen LogP contribution >= 0.6 is 0 Å². The monoisotopic (exact) mass is 373 g/mol. The summed E-state index contributed by atoms with van der Waals surface area (Å²) in [6, 6.07) is 10.4. The van der Waals surface area contributed by atoms with Crippen molar-refractivity contribution >= 4 is 23.3 Å². The number of hydrogen-bond acceptors (Lipinski definition) is 7. The molecule has 0 bridgehead atoms. The molecule has 9 heteroatoms. The SMILES string of the molecule is COCCNc1ccc(C(=O)OCc2cccc(C(N)=O)c2)cc1[N+](=O)[O-]. The Kier molecular flexibility index (Phi) is 6.84. The maximum atomic E-state index is 12.2. The fourth-order valence-corrected chi connectivity index (χ4v) is 2.29. The largest absolute Gasteiger partial charge is 0.457 e. The van der Waals surface area contributed by atoms with Crippen molar-refractivity contribution in [3.05, 3.63) is 69.3 Å². The van der Waals surface area contributed by atoms with E-state index in [2.05, 4.69) is 5.32 Å². The highest BCUT2D eigenvalue weighted by molar-refractivity contribution is 5.93. The molecule has 0 spiro atoms. The number of nitro benzene ring substituents is 1. The molecular weight excluding hydrogens is 354 g/mol. The summed E-state index contributed by atoms with van der Waals surface area (Å²) in [4.78, 5) is 34.1. The molecule has 0 unspecified atom stereocenters. The van der Waals surface area contributed by atoms with Crippen molar-refractivity contribution in [3.8, 4) is 0 Å². The minimum atomic E-state index is -0.717. The van der Waals surface area contributed by atoms with Crippen LogP contribution in [0.3, 0.4) is 0 Å².